The second-order valence-corrected chi connectivity index (χ2v) is 11.1. The normalized spacial score (nSPS) is 16.0. The molecule has 11 heteroatoms. The number of rotatable bonds is 13. The Hall–Kier alpha value is -3.47. The third-order valence-electron chi connectivity index (χ3n) is 6.67. The molecule has 0 radical (unpaired) electrons. The van der Waals surface area contributed by atoms with Gasteiger partial charge in [-0.05, 0) is 47.0 Å². The first-order valence-electron chi connectivity index (χ1n) is 13.0. The van der Waals surface area contributed by atoms with E-state index < -0.39 is 23.9 Å². The molecule has 0 bridgehead atoms. The molecule has 0 aromatic heterocycles. The van der Waals surface area contributed by atoms with E-state index in [-0.39, 0.29) is 48.4 Å². The fraction of sp³-hybridized carbons (Fsp3) is 0.448. The first kappa shape index (κ1) is 31.1. The average Bonchev–Trinajstić information content (AvgIpc) is 2.87. The van der Waals surface area contributed by atoms with Gasteiger partial charge in [0.2, 0.25) is 0 Å². The number of carbonyl (C=O) groups excluding carboxylic acids is 2. The number of aliphatic hydroxyl groups excluding tert-OH is 1. The van der Waals surface area contributed by atoms with E-state index in [9.17, 15) is 29.7 Å². The summed E-state index contributed by atoms with van der Waals surface area (Å²) in [6, 6.07) is 9.72. The molecule has 5 N–H and O–H groups in total. The molecule has 0 fully saturated rings. The summed E-state index contributed by atoms with van der Waals surface area (Å²) in [5.41, 5.74) is 1.90. The third-order valence-corrected chi connectivity index (χ3v) is 6.88. The van der Waals surface area contributed by atoms with Gasteiger partial charge < -0.3 is 30.7 Å². The van der Waals surface area contributed by atoms with Crippen LogP contribution < -0.4 is 10.6 Å². The number of aliphatic carboxylic acids is 1. The molecule has 3 rings (SSSR count). The molecular weight excluding hydrogens is 538 g/mol. The third kappa shape index (κ3) is 9.04. The van der Waals surface area contributed by atoms with Gasteiger partial charge in [-0.25, -0.2) is 0 Å². The SMILES string of the molecule is COCC(C)(C)c1cc(Cl)cc([C@H](CC(=O)O)CC(=O)CNC(=O)c2cc(O)cc(CC3=NCC(O)CN3)c2)c1. The minimum Gasteiger partial charge on any atom is -0.508 e. The first-order chi connectivity index (χ1) is 18.9. The number of aliphatic imine (C=N–C) groups is 1. The number of carboxylic acids is 1. The van der Waals surface area contributed by atoms with Gasteiger partial charge in [0.1, 0.15) is 11.6 Å². The minimum absolute atomic E-state index is 0.111. The Kier molecular flexibility index (Phi) is 10.7. The van der Waals surface area contributed by atoms with Gasteiger partial charge in [-0.1, -0.05) is 31.5 Å². The molecule has 0 spiro atoms. The average molecular weight is 574 g/mol. The van der Waals surface area contributed by atoms with Crippen molar-refractivity contribution in [2.75, 3.05) is 33.4 Å². The summed E-state index contributed by atoms with van der Waals surface area (Å²) < 4.78 is 5.31. The Bertz CT molecular complexity index is 1280. The number of phenolic OH excluding ortho intramolecular Hbond substituents is 1. The second kappa shape index (κ2) is 13.7. The summed E-state index contributed by atoms with van der Waals surface area (Å²) in [6.45, 7) is 4.73. The lowest BCUT2D eigenvalue weighted by Crippen LogP contribution is -2.39. The minimum atomic E-state index is -1.06. The van der Waals surface area contributed by atoms with Crippen LogP contribution in [0.3, 0.4) is 0 Å². The van der Waals surface area contributed by atoms with E-state index in [4.69, 9.17) is 16.3 Å². The van der Waals surface area contributed by atoms with Crippen molar-refractivity contribution >= 4 is 35.1 Å². The number of hydrogen-bond acceptors (Lipinski definition) is 8. The number of benzene rings is 2. The number of nitrogens with one attached hydrogen (secondary N) is 2. The molecular formula is C29H36ClN3O7. The predicted octanol–water partition coefficient (Wildman–Crippen LogP) is 2.82. The van der Waals surface area contributed by atoms with Gasteiger partial charge in [0.15, 0.2) is 5.78 Å². The number of amidine groups is 1. The number of nitrogens with zero attached hydrogens (tertiary/aromatic N) is 1. The molecule has 0 saturated heterocycles. The summed E-state index contributed by atoms with van der Waals surface area (Å²) in [5.74, 6) is -2.08. The van der Waals surface area contributed by atoms with E-state index in [1.54, 1.807) is 25.3 Å². The highest BCUT2D eigenvalue weighted by atomic mass is 35.5. The maximum Gasteiger partial charge on any atom is 0.303 e. The number of aliphatic hydroxyl groups is 1. The van der Waals surface area contributed by atoms with Gasteiger partial charge in [0.25, 0.3) is 5.91 Å². The van der Waals surface area contributed by atoms with E-state index in [0.717, 1.165) is 5.56 Å². The van der Waals surface area contributed by atoms with E-state index in [1.807, 2.05) is 19.9 Å². The highest BCUT2D eigenvalue weighted by molar-refractivity contribution is 6.30. The van der Waals surface area contributed by atoms with Crippen molar-refractivity contribution in [3.8, 4) is 5.75 Å². The Morgan fingerprint density at radius 3 is 2.58 bits per heavy atom. The van der Waals surface area contributed by atoms with E-state index in [1.165, 1.54) is 12.1 Å². The van der Waals surface area contributed by atoms with E-state index in [0.29, 0.717) is 41.6 Å². The molecule has 1 heterocycles. The quantitative estimate of drug-likeness (QED) is 0.245. The van der Waals surface area contributed by atoms with Crippen LogP contribution in [0.1, 0.15) is 59.7 Å². The van der Waals surface area contributed by atoms with Crippen molar-refractivity contribution < 1.29 is 34.4 Å². The molecule has 2 aromatic rings. The van der Waals surface area contributed by atoms with E-state index >= 15 is 0 Å². The van der Waals surface area contributed by atoms with Crippen LogP contribution in [-0.2, 0) is 26.2 Å². The van der Waals surface area contributed by atoms with Gasteiger partial charge in [-0.3, -0.25) is 19.4 Å². The van der Waals surface area contributed by atoms with Gasteiger partial charge in [-0.2, -0.15) is 0 Å². The molecule has 40 heavy (non-hydrogen) atoms. The maximum atomic E-state index is 12.9. The molecule has 1 aliphatic heterocycles. The molecule has 216 valence electrons. The molecule has 2 aromatic carbocycles. The summed E-state index contributed by atoms with van der Waals surface area (Å²) in [7, 11) is 1.60. The van der Waals surface area contributed by atoms with Crippen LogP contribution in [0.25, 0.3) is 0 Å². The van der Waals surface area contributed by atoms with Crippen LogP contribution in [0.2, 0.25) is 5.02 Å². The maximum absolute atomic E-state index is 12.9. The number of hydrogen-bond donors (Lipinski definition) is 5. The van der Waals surface area contributed by atoms with Gasteiger partial charge in [0.05, 0.1) is 32.2 Å². The highest BCUT2D eigenvalue weighted by Crippen LogP contribution is 2.33. The molecule has 10 nitrogen and oxygen atoms in total. The Labute approximate surface area is 238 Å². The zero-order valence-corrected chi connectivity index (χ0v) is 23.6. The van der Waals surface area contributed by atoms with Crippen LogP contribution in [-0.4, -0.2) is 78.3 Å². The summed E-state index contributed by atoms with van der Waals surface area (Å²) in [5, 5.41) is 35.2. The number of ketones is 1. The van der Waals surface area contributed by atoms with Crippen molar-refractivity contribution in [2.45, 2.75) is 50.5 Å². The van der Waals surface area contributed by atoms with Crippen LogP contribution in [0.4, 0.5) is 0 Å². The van der Waals surface area contributed by atoms with Gasteiger partial charge in [0, 0.05) is 48.4 Å². The van der Waals surface area contributed by atoms with Crippen molar-refractivity contribution in [1.29, 1.82) is 0 Å². The number of carbonyl (C=O) groups is 3. The predicted molar refractivity (Wildman–Crippen MR) is 151 cm³/mol. The van der Waals surface area contributed by atoms with Gasteiger partial charge >= 0.3 is 5.97 Å². The molecule has 1 aliphatic rings. The number of β-amino-alcohol motifs (C(OH)–C–C–N with tert-alkyl or cyclic N) is 1. The van der Waals surface area contributed by atoms with E-state index in [2.05, 4.69) is 15.6 Å². The van der Waals surface area contributed by atoms with Crippen LogP contribution >= 0.6 is 11.6 Å². The number of aromatic hydroxyl groups is 1. The molecule has 0 saturated carbocycles. The standard InChI is InChI=1S/C29H36ClN3O7/c1-29(2,16-40-3)21-7-18(8-22(30)12-21)19(11-27(37)38)9-24(35)13-33-28(39)20-4-17(5-23(34)10-20)6-26-31-14-25(36)15-32-26/h4-5,7-8,10,12,19,25,34,36H,6,9,11,13-16H2,1-3H3,(H,31,32)(H,33,39)(H,37,38)/t19-/m0/s1. The lowest BCUT2D eigenvalue weighted by Gasteiger charge is -2.26. The van der Waals surface area contributed by atoms with Crippen LogP contribution in [0.15, 0.2) is 41.4 Å². The first-order valence-corrected chi connectivity index (χ1v) is 13.3. The monoisotopic (exact) mass is 573 g/mol. The van der Waals surface area contributed by atoms with Gasteiger partial charge in [-0.15, -0.1) is 0 Å². The van der Waals surface area contributed by atoms with Crippen LogP contribution in [0.5, 0.6) is 5.75 Å². The van der Waals surface area contributed by atoms with Crippen molar-refractivity contribution in [2.24, 2.45) is 4.99 Å². The number of phenols is 1. The fourth-order valence-corrected chi connectivity index (χ4v) is 4.86. The Balaban J connectivity index is 1.69. The molecule has 1 amide bonds. The number of methoxy groups -OCH3 is 1. The number of amides is 1. The zero-order chi connectivity index (χ0) is 29.4. The number of ether oxygens (including phenoxy) is 1. The zero-order valence-electron chi connectivity index (χ0n) is 22.9. The fourth-order valence-electron chi connectivity index (χ4n) is 4.62. The van der Waals surface area contributed by atoms with Crippen molar-refractivity contribution in [3.05, 3.63) is 63.7 Å². The Morgan fingerprint density at radius 2 is 1.93 bits per heavy atom. The summed E-state index contributed by atoms with van der Waals surface area (Å²) in [6.07, 6.45) is -0.611. The lowest BCUT2D eigenvalue weighted by atomic mass is 9.82. The molecule has 2 atom stereocenters. The lowest BCUT2D eigenvalue weighted by molar-refractivity contribution is -0.137. The largest absolute Gasteiger partial charge is 0.508 e. The number of Topliss-reactive ketones (excluding diaryl/α,β-unsaturated/α-hetero) is 1. The number of carboxylic acid groups (broad SMARTS) is 1. The van der Waals surface area contributed by atoms with Crippen molar-refractivity contribution in [1.82, 2.24) is 10.6 Å². The topological polar surface area (TPSA) is 158 Å². The Morgan fingerprint density at radius 1 is 1.18 bits per heavy atom. The van der Waals surface area contributed by atoms with Crippen molar-refractivity contribution in [3.63, 3.8) is 0 Å². The molecule has 0 aliphatic carbocycles. The molecule has 1 unspecified atom stereocenters. The smallest absolute Gasteiger partial charge is 0.303 e. The summed E-state index contributed by atoms with van der Waals surface area (Å²) >= 11 is 6.36. The summed E-state index contributed by atoms with van der Waals surface area (Å²) in [4.78, 5) is 41.6. The highest BCUT2D eigenvalue weighted by Gasteiger charge is 2.25. The number of halogens is 1. The second-order valence-electron chi connectivity index (χ2n) is 10.7. The van der Waals surface area contributed by atoms with Crippen LogP contribution in [0, 0.1) is 0 Å².